The molecule has 1 aliphatic heterocycles. The average Bonchev–Trinajstić information content (AvgIpc) is 2.75. The highest BCUT2D eigenvalue weighted by atomic mass is 16.3. The van der Waals surface area contributed by atoms with Crippen LogP contribution in [-0.4, -0.2) is 71.0 Å². The average molecular weight is 445 g/mol. The molecule has 1 aliphatic rings. The second-order valence-electron chi connectivity index (χ2n) is 10.6. The summed E-state index contributed by atoms with van der Waals surface area (Å²) in [6, 6.07) is 10.4. The van der Waals surface area contributed by atoms with Crippen molar-refractivity contribution in [3.8, 4) is 0 Å². The van der Waals surface area contributed by atoms with Crippen LogP contribution < -0.4 is 0 Å². The third-order valence-corrected chi connectivity index (χ3v) is 6.95. The SMILES string of the molecule is CC(C)CCCC(C)CCCC(C)(O)C(O)CN1CCN(CC=Cc2ccccc2)CC1. The van der Waals surface area contributed by atoms with Crippen molar-refractivity contribution in [2.45, 2.75) is 77.9 Å². The molecular weight excluding hydrogens is 396 g/mol. The van der Waals surface area contributed by atoms with E-state index < -0.39 is 11.7 Å². The minimum atomic E-state index is -1.01. The van der Waals surface area contributed by atoms with Crippen LogP contribution >= 0.6 is 0 Å². The van der Waals surface area contributed by atoms with Crippen molar-refractivity contribution in [2.75, 3.05) is 39.3 Å². The van der Waals surface area contributed by atoms with E-state index in [1.54, 1.807) is 0 Å². The fourth-order valence-corrected chi connectivity index (χ4v) is 4.49. The Kier molecular flexibility index (Phi) is 12.0. The lowest BCUT2D eigenvalue weighted by atomic mass is 9.88. The van der Waals surface area contributed by atoms with Gasteiger partial charge in [0.25, 0.3) is 0 Å². The molecular formula is C28H48N2O2. The third-order valence-electron chi connectivity index (χ3n) is 6.95. The quantitative estimate of drug-likeness (QED) is 0.421. The standard InChI is InChI=1S/C28H48N2O2/c1-24(2)11-8-12-25(3)13-9-17-28(4,32)27(31)23-30-21-19-29(20-22-30)18-10-16-26-14-6-5-7-15-26/h5-7,10,14-16,24-25,27,31-32H,8-9,11-13,17-23H2,1-4H3. The molecule has 0 bridgehead atoms. The van der Waals surface area contributed by atoms with Gasteiger partial charge in [-0.1, -0.05) is 95.4 Å². The van der Waals surface area contributed by atoms with Gasteiger partial charge in [-0.25, -0.2) is 0 Å². The fraction of sp³-hybridized carbons (Fsp3) is 0.714. The molecule has 1 fully saturated rings. The summed E-state index contributed by atoms with van der Waals surface area (Å²) >= 11 is 0. The highest BCUT2D eigenvalue weighted by molar-refractivity contribution is 5.48. The Morgan fingerprint density at radius 1 is 0.938 bits per heavy atom. The summed E-state index contributed by atoms with van der Waals surface area (Å²) in [5.74, 6) is 1.48. The van der Waals surface area contributed by atoms with Gasteiger partial charge in [-0.15, -0.1) is 0 Å². The molecule has 3 unspecified atom stereocenters. The normalized spacial score (nSPS) is 20.0. The van der Waals surface area contributed by atoms with Crippen LogP contribution in [0.4, 0.5) is 0 Å². The number of hydrogen-bond acceptors (Lipinski definition) is 4. The van der Waals surface area contributed by atoms with Crippen LogP contribution in [0.25, 0.3) is 6.08 Å². The van der Waals surface area contributed by atoms with Crippen molar-refractivity contribution in [1.29, 1.82) is 0 Å². The molecule has 0 radical (unpaired) electrons. The second kappa shape index (κ2) is 14.1. The van der Waals surface area contributed by atoms with Crippen molar-refractivity contribution >= 4 is 6.08 Å². The molecule has 1 aromatic rings. The van der Waals surface area contributed by atoms with Gasteiger partial charge in [-0.3, -0.25) is 9.80 Å². The smallest absolute Gasteiger partial charge is 0.0950 e. The summed E-state index contributed by atoms with van der Waals surface area (Å²) in [5.41, 5.74) is 0.231. The summed E-state index contributed by atoms with van der Waals surface area (Å²) in [5, 5.41) is 21.6. The van der Waals surface area contributed by atoms with Crippen LogP contribution in [-0.2, 0) is 0 Å². The van der Waals surface area contributed by atoms with E-state index in [0.717, 1.165) is 51.5 Å². The first-order valence-corrected chi connectivity index (χ1v) is 12.8. The lowest BCUT2D eigenvalue weighted by molar-refractivity contribution is -0.0834. The van der Waals surface area contributed by atoms with Gasteiger partial charge in [0.15, 0.2) is 0 Å². The lowest BCUT2D eigenvalue weighted by Crippen LogP contribution is -2.52. The molecule has 0 aromatic heterocycles. The van der Waals surface area contributed by atoms with Crippen LogP contribution in [0.5, 0.6) is 0 Å². The van der Waals surface area contributed by atoms with E-state index in [9.17, 15) is 10.2 Å². The molecule has 1 aromatic carbocycles. The lowest BCUT2D eigenvalue weighted by Gasteiger charge is -2.38. The predicted octanol–water partition coefficient (Wildman–Crippen LogP) is 5.06. The van der Waals surface area contributed by atoms with Crippen LogP contribution in [0, 0.1) is 11.8 Å². The van der Waals surface area contributed by atoms with E-state index in [0.29, 0.717) is 18.9 Å². The van der Waals surface area contributed by atoms with Gasteiger partial charge in [0.1, 0.15) is 0 Å². The molecule has 4 heteroatoms. The van der Waals surface area contributed by atoms with Crippen LogP contribution in [0.15, 0.2) is 36.4 Å². The molecule has 0 spiro atoms. The molecule has 32 heavy (non-hydrogen) atoms. The number of β-amino-alcohol motifs (C(OH)–C–C–N with tert-alkyl or cyclic N) is 1. The van der Waals surface area contributed by atoms with E-state index in [2.05, 4.69) is 67.0 Å². The van der Waals surface area contributed by atoms with Gasteiger partial charge in [0.05, 0.1) is 11.7 Å². The van der Waals surface area contributed by atoms with Crippen LogP contribution in [0.2, 0.25) is 0 Å². The first-order valence-electron chi connectivity index (χ1n) is 12.8. The zero-order chi connectivity index (χ0) is 23.4. The van der Waals surface area contributed by atoms with Crippen molar-refractivity contribution in [3.63, 3.8) is 0 Å². The first kappa shape index (κ1) is 27.0. The minimum absolute atomic E-state index is 0.560. The predicted molar refractivity (Wildman–Crippen MR) is 137 cm³/mol. The van der Waals surface area contributed by atoms with E-state index >= 15 is 0 Å². The fourth-order valence-electron chi connectivity index (χ4n) is 4.49. The minimum Gasteiger partial charge on any atom is -0.389 e. The Hall–Kier alpha value is -1.20. The Balaban J connectivity index is 1.62. The van der Waals surface area contributed by atoms with E-state index in [-0.39, 0.29) is 0 Å². The van der Waals surface area contributed by atoms with Gasteiger partial charge in [0.2, 0.25) is 0 Å². The molecule has 182 valence electrons. The number of rotatable bonds is 14. The monoisotopic (exact) mass is 444 g/mol. The molecule has 0 amide bonds. The van der Waals surface area contributed by atoms with Crippen molar-refractivity contribution in [2.24, 2.45) is 11.8 Å². The maximum atomic E-state index is 10.9. The van der Waals surface area contributed by atoms with E-state index in [4.69, 9.17) is 0 Å². The topological polar surface area (TPSA) is 46.9 Å². The van der Waals surface area contributed by atoms with Gasteiger partial charge in [-0.05, 0) is 30.7 Å². The summed E-state index contributed by atoms with van der Waals surface area (Å²) in [6.07, 6.45) is 10.4. The maximum Gasteiger partial charge on any atom is 0.0950 e. The zero-order valence-electron chi connectivity index (χ0n) is 21.0. The summed E-state index contributed by atoms with van der Waals surface area (Å²) in [4.78, 5) is 4.74. The Morgan fingerprint density at radius 3 is 2.22 bits per heavy atom. The van der Waals surface area contributed by atoms with Gasteiger partial charge < -0.3 is 10.2 Å². The largest absolute Gasteiger partial charge is 0.389 e. The van der Waals surface area contributed by atoms with Crippen LogP contribution in [0.3, 0.4) is 0 Å². The summed E-state index contributed by atoms with van der Waals surface area (Å²) in [7, 11) is 0. The summed E-state index contributed by atoms with van der Waals surface area (Å²) in [6.45, 7) is 14.1. The Bertz CT molecular complexity index is 636. The number of aliphatic hydroxyl groups is 2. The number of hydrogen-bond donors (Lipinski definition) is 2. The zero-order valence-corrected chi connectivity index (χ0v) is 21.0. The summed E-state index contributed by atoms with van der Waals surface area (Å²) < 4.78 is 0. The van der Waals surface area contributed by atoms with Crippen molar-refractivity contribution in [1.82, 2.24) is 9.80 Å². The third kappa shape index (κ3) is 10.6. The molecule has 0 saturated carbocycles. The second-order valence-corrected chi connectivity index (χ2v) is 10.6. The number of benzene rings is 1. The van der Waals surface area contributed by atoms with Gasteiger partial charge in [-0.2, -0.15) is 0 Å². The number of nitrogens with zero attached hydrogens (tertiary/aromatic N) is 2. The Labute approximate surface area is 197 Å². The molecule has 4 nitrogen and oxygen atoms in total. The van der Waals surface area contributed by atoms with E-state index in [1.807, 2.05) is 13.0 Å². The van der Waals surface area contributed by atoms with Crippen molar-refractivity contribution < 1.29 is 10.2 Å². The molecule has 2 N–H and O–H groups in total. The first-order chi connectivity index (χ1) is 15.3. The highest BCUT2D eigenvalue weighted by Crippen LogP contribution is 2.23. The Morgan fingerprint density at radius 2 is 1.56 bits per heavy atom. The number of aliphatic hydroxyl groups excluding tert-OH is 1. The highest BCUT2D eigenvalue weighted by Gasteiger charge is 2.32. The maximum absolute atomic E-state index is 10.9. The van der Waals surface area contributed by atoms with Gasteiger partial charge in [0, 0.05) is 39.3 Å². The van der Waals surface area contributed by atoms with Crippen molar-refractivity contribution in [3.05, 3.63) is 42.0 Å². The van der Waals surface area contributed by atoms with E-state index in [1.165, 1.54) is 24.8 Å². The van der Waals surface area contributed by atoms with Gasteiger partial charge >= 0.3 is 0 Å². The molecule has 0 aliphatic carbocycles. The van der Waals surface area contributed by atoms with Crippen LogP contribution in [0.1, 0.15) is 71.8 Å². The molecule has 1 heterocycles. The molecule has 3 atom stereocenters. The number of piperazine rings is 1. The molecule has 2 rings (SSSR count). The molecule has 1 saturated heterocycles.